The minimum Gasteiger partial charge on any atom is -0.475 e. The fourth-order valence-corrected chi connectivity index (χ4v) is 1.10. The molecule has 15 heavy (non-hydrogen) atoms. The van der Waals surface area contributed by atoms with Gasteiger partial charge in [0, 0.05) is 5.56 Å². The summed E-state index contributed by atoms with van der Waals surface area (Å²) in [5.74, 6) is 3.16. The Labute approximate surface area is 90.3 Å². The molecule has 0 spiro atoms. The van der Waals surface area contributed by atoms with Gasteiger partial charge in [-0.15, -0.1) is 6.42 Å². The fraction of sp³-hybridized carbons (Fsp3) is 0.308. The molecule has 0 radical (unpaired) electrons. The molecule has 2 nitrogen and oxygen atoms in total. The number of carbonyl (C=O) groups is 1. The summed E-state index contributed by atoms with van der Waals surface area (Å²) in [6, 6.07) is 7.00. The monoisotopic (exact) mass is 202 g/mol. The Balaban J connectivity index is 2.93. The fourth-order valence-electron chi connectivity index (χ4n) is 1.10. The topological polar surface area (TPSA) is 26.3 Å². The molecule has 0 heterocycles. The molecule has 2 heteroatoms. The van der Waals surface area contributed by atoms with Crippen molar-refractivity contribution in [2.45, 2.75) is 26.4 Å². The zero-order chi connectivity index (χ0) is 11.5. The van der Waals surface area contributed by atoms with Crippen LogP contribution in [0.15, 0.2) is 24.3 Å². The molecule has 1 rings (SSSR count). The Morgan fingerprint density at radius 2 is 2.13 bits per heavy atom. The minimum absolute atomic E-state index is 0.0129. The summed E-state index contributed by atoms with van der Waals surface area (Å²) in [5, 5.41) is 0. The first-order chi connectivity index (χ1) is 6.94. The van der Waals surface area contributed by atoms with Gasteiger partial charge in [0.1, 0.15) is 5.75 Å². The smallest absolute Gasteiger partial charge is 0.163 e. The van der Waals surface area contributed by atoms with E-state index >= 15 is 0 Å². The van der Waals surface area contributed by atoms with Crippen LogP contribution in [0.25, 0.3) is 0 Å². The van der Waals surface area contributed by atoms with Gasteiger partial charge in [-0.25, -0.2) is 0 Å². The second-order valence-electron chi connectivity index (χ2n) is 3.84. The van der Waals surface area contributed by atoms with E-state index in [2.05, 4.69) is 5.92 Å². The summed E-state index contributed by atoms with van der Waals surface area (Å²) in [6.45, 7) is 5.12. The number of hydrogen-bond acceptors (Lipinski definition) is 2. The van der Waals surface area contributed by atoms with Crippen LogP contribution in [-0.4, -0.2) is 11.4 Å². The van der Waals surface area contributed by atoms with Gasteiger partial charge in [-0.1, -0.05) is 18.1 Å². The Morgan fingerprint density at radius 1 is 1.47 bits per heavy atom. The number of rotatable bonds is 3. The third-order valence-electron chi connectivity index (χ3n) is 1.96. The number of benzene rings is 1. The van der Waals surface area contributed by atoms with Gasteiger partial charge >= 0.3 is 0 Å². The van der Waals surface area contributed by atoms with Gasteiger partial charge in [-0.3, -0.25) is 4.79 Å². The third kappa shape index (κ3) is 3.14. The van der Waals surface area contributed by atoms with Crippen molar-refractivity contribution in [2.24, 2.45) is 0 Å². The molecule has 0 unspecified atom stereocenters. The highest BCUT2D eigenvalue weighted by Gasteiger charge is 2.15. The molecule has 1 aromatic carbocycles. The SMILES string of the molecule is C#CC(C)(C)Oc1cccc(C(C)=O)c1. The predicted molar refractivity (Wildman–Crippen MR) is 60.0 cm³/mol. The molecule has 0 aliphatic heterocycles. The van der Waals surface area contributed by atoms with Crippen LogP contribution in [0.3, 0.4) is 0 Å². The Hall–Kier alpha value is -1.75. The number of terminal acetylenes is 1. The molecule has 0 bridgehead atoms. The lowest BCUT2D eigenvalue weighted by atomic mass is 10.1. The zero-order valence-corrected chi connectivity index (χ0v) is 9.20. The Bertz CT molecular complexity index is 411. The van der Waals surface area contributed by atoms with E-state index in [0.717, 1.165) is 0 Å². The number of ether oxygens (including phenoxy) is 1. The predicted octanol–water partition coefficient (Wildman–Crippen LogP) is 2.68. The van der Waals surface area contributed by atoms with Crippen LogP contribution in [0.1, 0.15) is 31.1 Å². The molecular formula is C13H14O2. The Morgan fingerprint density at radius 3 is 2.67 bits per heavy atom. The summed E-state index contributed by atoms with van der Waals surface area (Å²) in [7, 11) is 0. The average molecular weight is 202 g/mol. The second-order valence-corrected chi connectivity index (χ2v) is 3.84. The number of carbonyl (C=O) groups excluding carboxylic acids is 1. The highest BCUT2D eigenvalue weighted by molar-refractivity contribution is 5.94. The van der Waals surface area contributed by atoms with Crippen molar-refractivity contribution in [1.82, 2.24) is 0 Å². The number of Topliss-reactive ketones (excluding diaryl/α,β-unsaturated/α-hetero) is 1. The summed E-state index contributed by atoms with van der Waals surface area (Å²) in [5.41, 5.74) is -0.0320. The molecular weight excluding hydrogens is 188 g/mol. The van der Waals surface area contributed by atoms with Gasteiger partial charge in [0.05, 0.1) is 0 Å². The third-order valence-corrected chi connectivity index (χ3v) is 1.96. The molecule has 78 valence electrons. The lowest BCUT2D eigenvalue weighted by molar-refractivity contribution is 0.101. The van der Waals surface area contributed by atoms with Crippen LogP contribution >= 0.6 is 0 Å². The van der Waals surface area contributed by atoms with Crippen LogP contribution in [0.5, 0.6) is 5.75 Å². The summed E-state index contributed by atoms with van der Waals surface area (Å²) in [6.07, 6.45) is 5.31. The van der Waals surface area contributed by atoms with E-state index in [4.69, 9.17) is 11.2 Å². The molecule has 0 saturated carbocycles. The van der Waals surface area contributed by atoms with Crippen LogP contribution in [0, 0.1) is 12.3 Å². The molecule has 0 amide bonds. The van der Waals surface area contributed by atoms with Crippen molar-refractivity contribution < 1.29 is 9.53 Å². The first-order valence-corrected chi connectivity index (χ1v) is 4.72. The summed E-state index contributed by atoms with van der Waals surface area (Å²) >= 11 is 0. The van der Waals surface area contributed by atoms with Crippen molar-refractivity contribution in [1.29, 1.82) is 0 Å². The van der Waals surface area contributed by atoms with E-state index < -0.39 is 5.60 Å². The average Bonchev–Trinajstić information content (AvgIpc) is 2.17. The Kier molecular flexibility index (Phi) is 3.16. The van der Waals surface area contributed by atoms with E-state index in [9.17, 15) is 4.79 Å². The van der Waals surface area contributed by atoms with E-state index in [1.807, 2.05) is 0 Å². The molecule has 1 aromatic rings. The lowest BCUT2D eigenvalue weighted by Gasteiger charge is -2.20. The van der Waals surface area contributed by atoms with E-state index in [-0.39, 0.29) is 5.78 Å². The second kappa shape index (κ2) is 4.18. The highest BCUT2D eigenvalue weighted by Crippen LogP contribution is 2.19. The first-order valence-electron chi connectivity index (χ1n) is 4.72. The number of ketones is 1. The van der Waals surface area contributed by atoms with Crippen molar-refractivity contribution in [2.75, 3.05) is 0 Å². The van der Waals surface area contributed by atoms with Crippen molar-refractivity contribution >= 4 is 5.78 Å². The lowest BCUT2D eigenvalue weighted by Crippen LogP contribution is -2.25. The van der Waals surface area contributed by atoms with E-state index in [1.54, 1.807) is 38.1 Å². The largest absolute Gasteiger partial charge is 0.475 e. The molecule has 0 aliphatic carbocycles. The molecule has 0 aliphatic rings. The maximum absolute atomic E-state index is 11.1. The maximum atomic E-state index is 11.1. The quantitative estimate of drug-likeness (QED) is 0.556. The normalized spacial score (nSPS) is 10.5. The van der Waals surface area contributed by atoms with Crippen LogP contribution in [0.2, 0.25) is 0 Å². The number of hydrogen-bond donors (Lipinski definition) is 0. The molecule has 0 aromatic heterocycles. The van der Waals surface area contributed by atoms with Crippen molar-refractivity contribution in [3.05, 3.63) is 29.8 Å². The van der Waals surface area contributed by atoms with Gasteiger partial charge in [0.15, 0.2) is 11.4 Å². The van der Waals surface area contributed by atoms with Crippen LogP contribution in [0.4, 0.5) is 0 Å². The molecule has 0 saturated heterocycles. The van der Waals surface area contributed by atoms with Crippen molar-refractivity contribution in [3.63, 3.8) is 0 Å². The molecule has 0 atom stereocenters. The highest BCUT2D eigenvalue weighted by atomic mass is 16.5. The minimum atomic E-state index is -0.657. The van der Waals surface area contributed by atoms with Crippen LogP contribution < -0.4 is 4.74 Å². The van der Waals surface area contributed by atoms with E-state index in [0.29, 0.717) is 11.3 Å². The molecule has 0 N–H and O–H groups in total. The first kappa shape index (κ1) is 11.3. The maximum Gasteiger partial charge on any atom is 0.163 e. The van der Waals surface area contributed by atoms with Gasteiger partial charge in [-0.05, 0) is 32.9 Å². The van der Waals surface area contributed by atoms with Gasteiger partial charge in [-0.2, -0.15) is 0 Å². The standard InChI is InChI=1S/C13H14O2/c1-5-13(3,4)15-12-8-6-7-11(9-12)10(2)14/h1,6-9H,2-4H3. The van der Waals surface area contributed by atoms with Crippen LogP contribution in [-0.2, 0) is 0 Å². The zero-order valence-electron chi connectivity index (χ0n) is 9.20. The summed E-state index contributed by atoms with van der Waals surface area (Å²) < 4.78 is 5.55. The van der Waals surface area contributed by atoms with E-state index in [1.165, 1.54) is 6.92 Å². The molecule has 0 fully saturated rings. The summed E-state index contributed by atoms with van der Waals surface area (Å²) in [4.78, 5) is 11.1. The van der Waals surface area contributed by atoms with Gasteiger partial charge in [0.25, 0.3) is 0 Å². The van der Waals surface area contributed by atoms with Crippen molar-refractivity contribution in [3.8, 4) is 18.1 Å². The van der Waals surface area contributed by atoms with Gasteiger partial charge in [0.2, 0.25) is 0 Å². The van der Waals surface area contributed by atoms with Gasteiger partial charge < -0.3 is 4.74 Å².